The highest BCUT2D eigenvalue weighted by molar-refractivity contribution is 5.89. The lowest BCUT2D eigenvalue weighted by Gasteiger charge is -2.41. The number of nitrogens with one attached hydrogen (secondary N) is 2. The molecule has 3 rings (SSSR count). The zero-order valence-electron chi connectivity index (χ0n) is 14.8. The fourth-order valence-corrected chi connectivity index (χ4v) is 3.87. The number of ether oxygens (including phenoxy) is 1. The molecule has 1 aliphatic heterocycles. The lowest BCUT2D eigenvalue weighted by Crippen LogP contribution is -2.52. The number of amides is 2. The Morgan fingerprint density at radius 2 is 2.04 bits per heavy atom. The molecular weight excluding hydrogens is 320 g/mol. The third-order valence-electron chi connectivity index (χ3n) is 5.25. The number of hydrogen-bond acceptors (Lipinski definition) is 5. The summed E-state index contributed by atoms with van der Waals surface area (Å²) in [6, 6.07) is 3.70. The molecule has 1 saturated heterocycles. The van der Waals surface area contributed by atoms with Gasteiger partial charge in [-0.05, 0) is 37.8 Å². The molecule has 0 bridgehead atoms. The highest BCUT2D eigenvalue weighted by Gasteiger charge is 2.31. The molecule has 0 spiro atoms. The van der Waals surface area contributed by atoms with Crippen molar-refractivity contribution in [2.75, 3.05) is 25.5 Å². The zero-order valence-corrected chi connectivity index (χ0v) is 14.8. The van der Waals surface area contributed by atoms with E-state index in [0.717, 1.165) is 45.2 Å². The number of nitrogens with zero attached hydrogens (tertiary/aromatic N) is 2. The number of aromatic nitrogens is 1. The molecule has 0 aromatic carbocycles. The average molecular weight is 348 g/mol. The number of aliphatic hydroxyl groups excluding tert-OH is 1. The van der Waals surface area contributed by atoms with Crippen molar-refractivity contribution in [2.45, 2.75) is 56.7 Å². The van der Waals surface area contributed by atoms with Crippen LogP contribution in [-0.2, 0) is 0 Å². The molecule has 2 aliphatic rings. The van der Waals surface area contributed by atoms with Gasteiger partial charge in [0.2, 0.25) is 0 Å². The fraction of sp³-hybridized carbons (Fsp3) is 0.667. The molecule has 2 heterocycles. The van der Waals surface area contributed by atoms with Gasteiger partial charge in [-0.15, -0.1) is 0 Å². The second-order valence-electron chi connectivity index (χ2n) is 6.88. The van der Waals surface area contributed by atoms with Crippen LogP contribution in [0.2, 0.25) is 0 Å². The third-order valence-corrected chi connectivity index (χ3v) is 5.25. The van der Waals surface area contributed by atoms with Crippen LogP contribution in [0.15, 0.2) is 18.3 Å². The lowest BCUT2D eigenvalue weighted by atomic mass is 9.89. The Hall–Kier alpha value is -1.86. The minimum absolute atomic E-state index is 0.145. The summed E-state index contributed by atoms with van der Waals surface area (Å²) < 4.78 is 5.19. The standard InChI is InChI=1S/C18H28N4O3/c1-25-16-7-4-10-19-17(16)21-18(24)20-13-8-11-22(12-9-13)14-5-2-3-6-15(14)23/h4,7,10,13-15,23H,2-3,5-6,8-9,11-12H2,1H3,(H2,19,20,21,24). The topological polar surface area (TPSA) is 86.7 Å². The average Bonchev–Trinajstić information content (AvgIpc) is 2.63. The van der Waals surface area contributed by atoms with Gasteiger partial charge >= 0.3 is 6.03 Å². The van der Waals surface area contributed by atoms with Crippen molar-refractivity contribution in [3.63, 3.8) is 0 Å². The Kier molecular flexibility index (Phi) is 6.09. The molecule has 3 N–H and O–H groups in total. The maximum atomic E-state index is 12.2. The van der Waals surface area contributed by atoms with Crippen LogP contribution in [0.3, 0.4) is 0 Å². The van der Waals surface area contributed by atoms with Crippen molar-refractivity contribution in [3.8, 4) is 5.75 Å². The van der Waals surface area contributed by atoms with Gasteiger partial charge in [-0.2, -0.15) is 0 Å². The van der Waals surface area contributed by atoms with Gasteiger partial charge in [0.05, 0.1) is 13.2 Å². The van der Waals surface area contributed by atoms with Crippen LogP contribution < -0.4 is 15.4 Å². The summed E-state index contributed by atoms with van der Waals surface area (Å²) in [7, 11) is 1.55. The summed E-state index contributed by atoms with van der Waals surface area (Å²) in [6.07, 6.45) is 7.55. The molecule has 25 heavy (non-hydrogen) atoms. The normalized spacial score (nSPS) is 25.4. The molecule has 2 fully saturated rings. The van der Waals surface area contributed by atoms with E-state index in [2.05, 4.69) is 20.5 Å². The largest absolute Gasteiger partial charge is 0.493 e. The second-order valence-corrected chi connectivity index (χ2v) is 6.88. The number of piperidine rings is 1. The first kappa shape index (κ1) is 17.9. The number of pyridine rings is 1. The Morgan fingerprint density at radius 1 is 1.28 bits per heavy atom. The number of rotatable bonds is 4. The number of urea groups is 1. The van der Waals surface area contributed by atoms with Crippen molar-refractivity contribution < 1.29 is 14.6 Å². The summed E-state index contributed by atoms with van der Waals surface area (Å²) in [5.74, 6) is 0.962. The van der Waals surface area contributed by atoms with Gasteiger partial charge < -0.3 is 15.2 Å². The SMILES string of the molecule is COc1cccnc1NC(=O)NC1CCN(C2CCCCC2O)CC1. The molecule has 0 radical (unpaired) electrons. The van der Waals surface area contributed by atoms with E-state index in [1.807, 2.05) is 0 Å². The van der Waals surface area contributed by atoms with Gasteiger partial charge in [-0.25, -0.2) is 9.78 Å². The maximum absolute atomic E-state index is 12.2. The van der Waals surface area contributed by atoms with E-state index in [1.165, 1.54) is 6.42 Å². The maximum Gasteiger partial charge on any atom is 0.320 e. The molecule has 2 unspecified atom stereocenters. The molecule has 1 aliphatic carbocycles. The monoisotopic (exact) mass is 348 g/mol. The molecule has 1 saturated carbocycles. The van der Waals surface area contributed by atoms with Crippen molar-refractivity contribution in [1.29, 1.82) is 0 Å². The first-order valence-corrected chi connectivity index (χ1v) is 9.16. The number of methoxy groups -OCH3 is 1. The Balaban J connectivity index is 1.46. The summed E-state index contributed by atoms with van der Waals surface area (Å²) in [5.41, 5.74) is 0. The number of carbonyl (C=O) groups excluding carboxylic acids is 1. The van der Waals surface area contributed by atoms with Gasteiger partial charge in [-0.1, -0.05) is 12.8 Å². The third kappa shape index (κ3) is 4.61. The lowest BCUT2D eigenvalue weighted by molar-refractivity contribution is 0.00785. The molecule has 2 atom stereocenters. The molecule has 1 aromatic heterocycles. The summed E-state index contributed by atoms with van der Waals surface area (Å²) in [4.78, 5) is 18.7. The fourth-order valence-electron chi connectivity index (χ4n) is 3.87. The molecule has 1 aromatic rings. The zero-order chi connectivity index (χ0) is 17.6. The van der Waals surface area contributed by atoms with Gasteiger partial charge in [0.15, 0.2) is 11.6 Å². The highest BCUT2D eigenvalue weighted by atomic mass is 16.5. The number of hydrogen-bond donors (Lipinski definition) is 3. The summed E-state index contributed by atoms with van der Waals surface area (Å²) >= 11 is 0. The Morgan fingerprint density at radius 3 is 2.76 bits per heavy atom. The van der Waals surface area contributed by atoms with E-state index in [1.54, 1.807) is 25.4 Å². The van der Waals surface area contributed by atoms with Crippen molar-refractivity contribution in [3.05, 3.63) is 18.3 Å². The van der Waals surface area contributed by atoms with Crippen LogP contribution in [0, 0.1) is 0 Å². The van der Waals surface area contributed by atoms with Crippen molar-refractivity contribution >= 4 is 11.8 Å². The van der Waals surface area contributed by atoms with E-state index < -0.39 is 0 Å². The smallest absolute Gasteiger partial charge is 0.320 e. The molecule has 2 amide bonds. The van der Waals surface area contributed by atoms with Crippen LogP contribution in [0.4, 0.5) is 10.6 Å². The van der Waals surface area contributed by atoms with E-state index in [0.29, 0.717) is 17.6 Å². The van der Waals surface area contributed by atoms with E-state index in [9.17, 15) is 9.90 Å². The molecule has 7 nitrogen and oxygen atoms in total. The Bertz CT molecular complexity index is 575. The number of anilines is 1. The van der Waals surface area contributed by atoms with E-state index in [-0.39, 0.29) is 18.2 Å². The first-order chi connectivity index (χ1) is 12.2. The minimum atomic E-state index is -0.256. The second kappa shape index (κ2) is 8.49. The van der Waals surface area contributed by atoms with Crippen molar-refractivity contribution in [1.82, 2.24) is 15.2 Å². The number of likely N-dealkylation sites (tertiary alicyclic amines) is 1. The van der Waals surface area contributed by atoms with Crippen LogP contribution >= 0.6 is 0 Å². The van der Waals surface area contributed by atoms with Gasteiger partial charge in [-0.3, -0.25) is 10.2 Å². The highest BCUT2D eigenvalue weighted by Crippen LogP contribution is 2.26. The van der Waals surface area contributed by atoms with Crippen LogP contribution in [0.1, 0.15) is 38.5 Å². The van der Waals surface area contributed by atoms with Gasteiger partial charge in [0.25, 0.3) is 0 Å². The summed E-state index contributed by atoms with van der Waals surface area (Å²) in [5, 5.41) is 16.0. The molecule has 138 valence electrons. The predicted molar refractivity (Wildman–Crippen MR) is 95.8 cm³/mol. The number of aliphatic hydroxyl groups is 1. The van der Waals surface area contributed by atoms with Crippen molar-refractivity contribution in [2.24, 2.45) is 0 Å². The molecular formula is C18H28N4O3. The number of carbonyl (C=O) groups is 1. The van der Waals surface area contributed by atoms with Crippen LogP contribution in [0.25, 0.3) is 0 Å². The first-order valence-electron chi connectivity index (χ1n) is 9.16. The minimum Gasteiger partial charge on any atom is -0.493 e. The van der Waals surface area contributed by atoms with Crippen LogP contribution in [-0.4, -0.2) is 59.4 Å². The van der Waals surface area contributed by atoms with E-state index in [4.69, 9.17) is 4.74 Å². The Labute approximate surface area is 148 Å². The molecule has 7 heteroatoms. The quantitative estimate of drug-likeness (QED) is 0.774. The van der Waals surface area contributed by atoms with Gasteiger partial charge in [0, 0.05) is 31.4 Å². The summed E-state index contributed by atoms with van der Waals surface area (Å²) in [6.45, 7) is 1.83. The van der Waals surface area contributed by atoms with Crippen LogP contribution in [0.5, 0.6) is 5.75 Å². The predicted octanol–water partition coefficient (Wildman–Crippen LogP) is 1.98. The van der Waals surface area contributed by atoms with E-state index >= 15 is 0 Å². The van der Waals surface area contributed by atoms with Gasteiger partial charge in [0.1, 0.15) is 0 Å².